The summed E-state index contributed by atoms with van der Waals surface area (Å²) in [6, 6.07) is 16.1. The van der Waals surface area contributed by atoms with E-state index in [1.165, 1.54) is 0 Å². The number of imide groups is 1. The monoisotopic (exact) mass is 488 g/mol. The summed E-state index contributed by atoms with van der Waals surface area (Å²) in [7, 11) is 1.61. The minimum absolute atomic E-state index is 0.0743. The van der Waals surface area contributed by atoms with Gasteiger partial charge < -0.3 is 14.0 Å². The molecule has 0 bridgehead atoms. The minimum Gasteiger partial charge on any atom is -0.456 e. The van der Waals surface area contributed by atoms with Crippen LogP contribution in [0.4, 0.5) is 0 Å². The van der Waals surface area contributed by atoms with Crippen molar-refractivity contribution in [1.82, 2.24) is 9.47 Å². The Labute approximate surface area is 209 Å². The maximum atomic E-state index is 13.3. The van der Waals surface area contributed by atoms with Gasteiger partial charge in [-0.15, -0.1) is 0 Å². The van der Waals surface area contributed by atoms with Crippen molar-refractivity contribution >= 4 is 23.6 Å². The third-order valence-corrected chi connectivity index (χ3v) is 6.42. The first-order valence-corrected chi connectivity index (χ1v) is 11.7. The Balaban J connectivity index is 1.54. The Hall–Kier alpha value is -4.04. The van der Waals surface area contributed by atoms with Crippen LogP contribution in [0.25, 0.3) is 0 Å². The molecule has 0 aliphatic carbocycles. The van der Waals surface area contributed by atoms with Crippen molar-refractivity contribution in [2.45, 2.75) is 32.9 Å². The molecule has 1 aliphatic rings. The summed E-state index contributed by atoms with van der Waals surface area (Å²) in [5.74, 6) is -2.28. The van der Waals surface area contributed by atoms with Gasteiger partial charge in [-0.05, 0) is 37.6 Å². The molecule has 1 atom stereocenters. The summed E-state index contributed by atoms with van der Waals surface area (Å²) in [4.78, 5) is 53.3. The second-order valence-electron chi connectivity index (χ2n) is 8.69. The SMILES string of the molecule is COCCn1c(C)cc(C(=O)COC(=O)C(Cc2ccccc2)N2C(=O)c3ccccc3C2=O)c1C. The molecule has 186 valence electrons. The van der Waals surface area contributed by atoms with Crippen LogP contribution < -0.4 is 0 Å². The zero-order valence-corrected chi connectivity index (χ0v) is 20.5. The zero-order chi connectivity index (χ0) is 25.8. The molecule has 0 radical (unpaired) electrons. The average molecular weight is 489 g/mol. The highest BCUT2D eigenvalue weighted by atomic mass is 16.5. The molecule has 4 rings (SSSR count). The number of amides is 2. The number of carbonyl (C=O) groups is 4. The molecule has 8 nitrogen and oxygen atoms in total. The number of rotatable bonds is 10. The van der Waals surface area contributed by atoms with E-state index < -0.39 is 30.4 Å². The number of Topliss-reactive ketones (excluding diaryl/α,β-unsaturated/α-hetero) is 1. The fourth-order valence-electron chi connectivity index (χ4n) is 4.53. The number of carbonyl (C=O) groups excluding carboxylic acids is 4. The van der Waals surface area contributed by atoms with Crippen LogP contribution in [0.5, 0.6) is 0 Å². The first-order valence-electron chi connectivity index (χ1n) is 11.7. The molecule has 0 saturated carbocycles. The zero-order valence-electron chi connectivity index (χ0n) is 20.5. The molecule has 2 aromatic carbocycles. The average Bonchev–Trinajstić information content (AvgIpc) is 3.32. The summed E-state index contributed by atoms with van der Waals surface area (Å²) in [6.45, 7) is 4.32. The van der Waals surface area contributed by atoms with E-state index in [-0.39, 0.29) is 23.3 Å². The van der Waals surface area contributed by atoms with E-state index in [4.69, 9.17) is 9.47 Å². The van der Waals surface area contributed by atoms with Crippen molar-refractivity contribution in [1.29, 1.82) is 0 Å². The van der Waals surface area contributed by atoms with E-state index in [0.29, 0.717) is 18.7 Å². The molecule has 0 spiro atoms. The van der Waals surface area contributed by atoms with Gasteiger partial charge in [-0.2, -0.15) is 0 Å². The molecule has 3 aromatic rings. The number of fused-ring (bicyclic) bond motifs is 1. The molecule has 2 amide bonds. The van der Waals surface area contributed by atoms with E-state index in [2.05, 4.69) is 0 Å². The van der Waals surface area contributed by atoms with Crippen LogP contribution in [0, 0.1) is 13.8 Å². The van der Waals surface area contributed by atoms with Gasteiger partial charge in [0.2, 0.25) is 5.78 Å². The van der Waals surface area contributed by atoms with Crippen molar-refractivity contribution in [3.63, 3.8) is 0 Å². The number of methoxy groups -OCH3 is 1. The molecule has 0 saturated heterocycles. The molecular formula is C28H28N2O6. The standard InChI is InChI=1S/C28H28N2O6/c1-18-15-23(19(2)29(18)13-14-35-3)25(31)17-36-28(34)24(16-20-9-5-4-6-10-20)30-26(32)21-11-7-8-12-22(21)27(30)33/h4-12,15,24H,13-14,16-17H2,1-3H3. The molecule has 1 unspecified atom stereocenters. The first kappa shape index (κ1) is 25.1. The lowest BCUT2D eigenvalue weighted by molar-refractivity contribution is -0.147. The van der Waals surface area contributed by atoms with Crippen LogP contribution in [0.2, 0.25) is 0 Å². The van der Waals surface area contributed by atoms with Gasteiger partial charge in [-0.25, -0.2) is 4.79 Å². The number of nitrogens with zero attached hydrogens (tertiary/aromatic N) is 2. The maximum Gasteiger partial charge on any atom is 0.330 e. The number of ketones is 1. The molecule has 1 aliphatic heterocycles. The second-order valence-corrected chi connectivity index (χ2v) is 8.69. The van der Waals surface area contributed by atoms with Gasteiger partial charge in [0.15, 0.2) is 6.61 Å². The number of aromatic nitrogens is 1. The van der Waals surface area contributed by atoms with Crippen molar-refractivity contribution in [3.05, 3.63) is 94.3 Å². The van der Waals surface area contributed by atoms with Gasteiger partial charge >= 0.3 is 5.97 Å². The smallest absolute Gasteiger partial charge is 0.330 e. The molecular weight excluding hydrogens is 460 g/mol. The van der Waals surface area contributed by atoms with Crippen molar-refractivity contribution in [2.75, 3.05) is 20.3 Å². The lowest BCUT2D eigenvalue weighted by Crippen LogP contribution is -2.47. The Morgan fingerprint density at radius 1 is 0.917 bits per heavy atom. The minimum atomic E-state index is -1.21. The topological polar surface area (TPSA) is 94.9 Å². The lowest BCUT2D eigenvalue weighted by Gasteiger charge is -2.24. The molecule has 8 heteroatoms. The second kappa shape index (κ2) is 10.7. The predicted molar refractivity (Wildman–Crippen MR) is 132 cm³/mol. The van der Waals surface area contributed by atoms with Gasteiger partial charge in [0, 0.05) is 37.0 Å². The first-order chi connectivity index (χ1) is 17.3. The molecule has 0 N–H and O–H groups in total. The van der Waals surface area contributed by atoms with E-state index in [1.807, 2.05) is 36.6 Å². The molecule has 36 heavy (non-hydrogen) atoms. The van der Waals surface area contributed by atoms with Crippen molar-refractivity contribution in [3.8, 4) is 0 Å². The van der Waals surface area contributed by atoms with Crippen LogP contribution in [-0.2, 0) is 27.2 Å². The number of benzene rings is 2. The van der Waals surface area contributed by atoms with E-state index in [0.717, 1.165) is 21.9 Å². The fraction of sp³-hybridized carbons (Fsp3) is 0.286. The summed E-state index contributed by atoms with van der Waals surface area (Å²) >= 11 is 0. The molecule has 1 aromatic heterocycles. The predicted octanol–water partition coefficient (Wildman–Crippen LogP) is 3.38. The highest BCUT2D eigenvalue weighted by Gasteiger charge is 2.43. The Morgan fingerprint density at radius 2 is 1.53 bits per heavy atom. The Morgan fingerprint density at radius 3 is 2.14 bits per heavy atom. The van der Waals surface area contributed by atoms with Crippen molar-refractivity contribution in [2.24, 2.45) is 0 Å². The quantitative estimate of drug-likeness (QED) is 0.247. The number of aryl methyl sites for hydroxylation is 1. The maximum absolute atomic E-state index is 13.3. The van der Waals surface area contributed by atoms with E-state index >= 15 is 0 Å². The van der Waals surface area contributed by atoms with Crippen LogP contribution in [0.15, 0.2) is 60.7 Å². The van der Waals surface area contributed by atoms with Crippen LogP contribution in [0.3, 0.4) is 0 Å². The summed E-state index contributed by atoms with van der Waals surface area (Å²) in [5.41, 5.74) is 3.35. The number of esters is 1. The highest BCUT2D eigenvalue weighted by molar-refractivity contribution is 6.22. The third-order valence-electron chi connectivity index (χ3n) is 6.42. The number of hydrogen-bond donors (Lipinski definition) is 0. The summed E-state index contributed by atoms with van der Waals surface area (Å²) in [6.07, 6.45) is 0.0743. The lowest BCUT2D eigenvalue weighted by atomic mass is 10.0. The largest absolute Gasteiger partial charge is 0.456 e. The van der Waals surface area contributed by atoms with Gasteiger partial charge in [-0.3, -0.25) is 19.3 Å². The van der Waals surface area contributed by atoms with Gasteiger partial charge in [0.05, 0.1) is 17.7 Å². The van der Waals surface area contributed by atoms with Crippen LogP contribution in [0.1, 0.15) is 48.0 Å². The van der Waals surface area contributed by atoms with Gasteiger partial charge in [-0.1, -0.05) is 42.5 Å². The summed E-state index contributed by atoms with van der Waals surface area (Å²) in [5, 5.41) is 0. The van der Waals surface area contributed by atoms with Crippen LogP contribution >= 0.6 is 0 Å². The highest BCUT2D eigenvalue weighted by Crippen LogP contribution is 2.26. The van der Waals surface area contributed by atoms with Gasteiger partial charge in [0.1, 0.15) is 6.04 Å². The normalized spacial score (nSPS) is 13.6. The van der Waals surface area contributed by atoms with Gasteiger partial charge in [0.25, 0.3) is 11.8 Å². The fourth-order valence-corrected chi connectivity index (χ4v) is 4.53. The van der Waals surface area contributed by atoms with E-state index in [9.17, 15) is 19.2 Å². The van der Waals surface area contributed by atoms with Crippen molar-refractivity contribution < 1.29 is 28.7 Å². The van der Waals surface area contributed by atoms with Crippen LogP contribution in [-0.4, -0.2) is 59.4 Å². The molecule has 0 fully saturated rings. The Kier molecular flexibility index (Phi) is 7.45. The Bertz CT molecular complexity index is 1280. The van der Waals surface area contributed by atoms with E-state index in [1.54, 1.807) is 49.6 Å². The summed E-state index contributed by atoms with van der Waals surface area (Å²) < 4.78 is 12.5. The third kappa shape index (κ3) is 4.85. The number of ether oxygens (including phenoxy) is 2. The number of hydrogen-bond acceptors (Lipinski definition) is 6. The molecule has 2 heterocycles.